The Balaban J connectivity index is 2.01. The number of aliphatic hydroxyl groups is 1. The maximum atomic E-state index is 9.23. The van der Waals surface area contributed by atoms with E-state index in [1.54, 1.807) is 18.3 Å². The zero-order valence-electron chi connectivity index (χ0n) is 8.36. The van der Waals surface area contributed by atoms with Crippen molar-refractivity contribution in [1.29, 1.82) is 0 Å². The highest BCUT2D eigenvalue weighted by Crippen LogP contribution is 2.25. The average Bonchev–Trinajstić information content (AvgIpc) is 2.69. The molecule has 0 saturated carbocycles. The molecule has 2 rings (SSSR count). The topological polar surface area (TPSA) is 45.1 Å². The zero-order chi connectivity index (χ0) is 9.97. The lowest BCUT2D eigenvalue weighted by Gasteiger charge is -2.02. The summed E-state index contributed by atoms with van der Waals surface area (Å²) in [7, 11) is 0. The van der Waals surface area contributed by atoms with E-state index in [1.807, 2.05) is 0 Å². The minimum atomic E-state index is -0.286. The SMILES string of the molecule is CC(O)Cc1csc(C2CCNC2)n1. The van der Waals surface area contributed by atoms with Crippen LogP contribution in [0, 0.1) is 0 Å². The van der Waals surface area contributed by atoms with Gasteiger partial charge in [0, 0.05) is 24.3 Å². The highest BCUT2D eigenvalue weighted by atomic mass is 32.1. The van der Waals surface area contributed by atoms with Crippen LogP contribution in [0.3, 0.4) is 0 Å². The van der Waals surface area contributed by atoms with Gasteiger partial charge in [-0.2, -0.15) is 0 Å². The minimum Gasteiger partial charge on any atom is -0.393 e. The van der Waals surface area contributed by atoms with E-state index in [9.17, 15) is 5.11 Å². The molecule has 0 aliphatic carbocycles. The summed E-state index contributed by atoms with van der Waals surface area (Å²) in [5, 5.41) is 15.9. The van der Waals surface area contributed by atoms with Crippen LogP contribution in [0.25, 0.3) is 0 Å². The van der Waals surface area contributed by atoms with Crippen molar-refractivity contribution in [2.75, 3.05) is 13.1 Å². The second-order valence-corrected chi connectivity index (χ2v) is 4.81. The second-order valence-electron chi connectivity index (χ2n) is 3.92. The van der Waals surface area contributed by atoms with Crippen molar-refractivity contribution in [1.82, 2.24) is 10.3 Å². The van der Waals surface area contributed by atoms with Gasteiger partial charge in [0.05, 0.1) is 16.8 Å². The van der Waals surface area contributed by atoms with E-state index in [-0.39, 0.29) is 6.10 Å². The molecule has 78 valence electrons. The smallest absolute Gasteiger partial charge is 0.0972 e. The summed E-state index contributed by atoms with van der Waals surface area (Å²) in [6, 6.07) is 0. The van der Waals surface area contributed by atoms with Gasteiger partial charge in [-0.25, -0.2) is 4.98 Å². The lowest BCUT2D eigenvalue weighted by atomic mass is 10.1. The third-order valence-corrected chi connectivity index (χ3v) is 3.54. The summed E-state index contributed by atoms with van der Waals surface area (Å²) < 4.78 is 0. The van der Waals surface area contributed by atoms with Crippen molar-refractivity contribution in [3.05, 3.63) is 16.1 Å². The van der Waals surface area contributed by atoms with Gasteiger partial charge in [0.1, 0.15) is 0 Å². The minimum absolute atomic E-state index is 0.286. The monoisotopic (exact) mass is 212 g/mol. The first-order valence-corrected chi connectivity index (χ1v) is 5.96. The summed E-state index contributed by atoms with van der Waals surface area (Å²) in [5.41, 5.74) is 1.03. The van der Waals surface area contributed by atoms with E-state index in [4.69, 9.17) is 0 Å². The molecule has 3 nitrogen and oxygen atoms in total. The number of thiazole rings is 1. The molecule has 1 aromatic rings. The predicted molar refractivity (Wildman–Crippen MR) is 57.7 cm³/mol. The Morgan fingerprint density at radius 1 is 1.79 bits per heavy atom. The number of aromatic nitrogens is 1. The van der Waals surface area contributed by atoms with Crippen LogP contribution < -0.4 is 5.32 Å². The van der Waals surface area contributed by atoms with Crippen LogP contribution in [0.5, 0.6) is 0 Å². The summed E-state index contributed by atoms with van der Waals surface area (Å²) >= 11 is 1.73. The molecule has 1 aliphatic heterocycles. The predicted octanol–water partition coefficient (Wildman–Crippen LogP) is 1.14. The molecule has 0 spiro atoms. The fourth-order valence-electron chi connectivity index (χ4n) is 1.77. The average molecular weight is 212 g/mol. The standard InChI is InChI=1S/C10H16N2OS/c1-7(13)4-9-6-14-10(12-9)8-2-3-11-5-8/h6-8,11,13H,2-5H2,1H3. The van der Waals surface area contributed by atoms with Gasteiger partial charge in [-0.1, -0.05) is 0 Å². The van der Waals surface area contributed by atoms with Crippen LogP contribution >= 0.6 is 11.3 Å². The summed E-state index contributed by atoms with van der Waals surface area (Å²) in [4.78, 5) is 4.55. The fourth-order valence-corrected chi connectivity index (χ4v) is 2.74. The van der Waals surface area contributed by atoms with E-state index < -0.39 is 0 Å². The molecule has 0 radical (unpaired) electrons. The second kappa shape index (κ2) is 4.38. The van der Waals surface area contributed by atoms with Crippen molar-refractivity contribution < 1.29 is 5.11 Å². The van der Waals surface area contributed by atoms with E-state index in [2.05, 4.69) is 15.7 Å². The molecule has 1 aromatic heterocycles. The van der Waals surface area contributed by atoms with Crippen molar-refractivity contribution in [3.63, 3.8) is 0 Å². The van der Waals surface area contributed by atoms with E-state index in [1.165, 1.54) is 11.4 Å². The van der Waals surface area contributed by atoms with Gasteiger partial charge < -0.3 is 10.4 Å². The molecule has 0 bridgehead atoms. The first kappa shape index (κ1) is 10.1. The highest BCUT2D eigenvalue weighted by molar-refractivity contribution is 7.09. The van der Waals surface area contributed by atoms with Gasteiger partial charge in [-0.15, -0.1) is 11.3 Å². The number of nitrogens with zero attached hydrogens (tertiary/aromatic N) is 1. The lowest BCUT2D eigenvalue weighted by molar-refractivity contribution is 0.194. The van der Waals surface area contributed by atoms with Gasteiger partial charge in [0.2, 0.25) is 0 Å². The van der Waals surface area contributed by atoms with Crippen LogP contribution in [0.15, 0.2) is 5.38 Å². The molecule has 1 aliphatic rings. The van der Waals surface area contributed by atoms with Crippen LogP contribution in [0.2, 0.25) is 0 Å². The highest BCUT2D eigenvalue weighted by Gasteiger charge is 2.19. The molecule has 0 aromatic carbocycles. The number of nitrogens with one attached hydrogen (secondary N) is 1. The molecule has 2 heterocycles. The summed E-state index contributed by atoms with van der Waals surface area (Å²) in [6.07, 6.45) is 1.59. The molecule has 4 heteroatoms. The molecule has 1 fully saturated rings. The zero-order valence-corrected chi connectivity index (χ0v) is 9.18. The Morgan fingerprint density at radius 3 is 3.29 bits per heavy atom. The number of hydrogen-bond acceptors (Lipinski definition) is 4. The van der Waals surface area contributed by atoms with Crippen molar-refractivity contribution >= 4 is 11.3 Å². The molecule has 2 atom stereocenters. The van der Waals surface area contributed by atoms with Gasteiger partial charge >= 0.3 is 0 Å². The molecule has 2 N–H and O–H groups in total. The summed E-state index contributed by atoms with van der Waals surface area (Å²) in [6.45, 7) is 3.97. The molecule has 1 saturated heterocycles. The Labute approximate surface area is 88.2 Å². The number of rotatable bonds is 3. The Morgan fingerprint density at radius 2 is 2.64 bits per heavy atom. The molecule has 0 amide bonds. The molecule has 2 unspecified atom stereocenters. The van der Waals surface area contributed by atoms with E-state index >= 15 is 0 Å². The van der Waals surface area contributed by atoms with Crippen molar-refractivity contribution in [2.24, 2.45) is 0 Å². The van der Waals surface area contributed by atoms with Gasteiger partial charge in [0.25, 0.3) is 0 Å². The van der Waals surface area contributed by atoms with Crippen molar-refractivity contribution in [2.45, 2.75) is 31.8 Å². The van der Waals surface area contributed by atoms with E-state index in [0.717, 1.165) is 18.8 Å². The van der Waals surface area contributed by atoms with Gasteiger partial charge in [0.15, 0.2) is 0 Å². The number of hydrogen-bond donors (Lipinski definition) is 2. The molecule has 14 heavy (non-hydrogen) atoms. The maximum Gasteiger partial charge on any atom is 0.0972 e. The largest absolute Gasteiger partial charge is 0.393 e. The Hall–Kier alpha value is -0.450. The first-order valence-electron chi connectivity index (χ1n) is 5.09. The lowest BCUT2D eigenvalue weighted by Crippen LogP contribution is -2.08. The number of aliphatic hydroxyl groups excluding tert-OH is 1. The van der Waals surface area contributed by atoms with Crippen LogP contribution in [0.1, 0.15) is 30.0 Å². The van der Waals surface area contributed by atoms with Crippen LogP contribution in [-0.4, -0.2) is 29.3 Å². The summed E-state index contributed by atoms with van der Waals surface area (Å²) in [5.74, 6) is 0.600. The van der Waals surface area contributed by atoms with E-state index in [0.29, 0.717) is 12.3 Å². The maximum absolute atomic E-state index is 9.23. The molecular formula is C10H16N2OS. The Kier molecular flexibility index (Phi) is 3.15. The fraction of sp³-hybridized carbons (Fsp3) is 0.700. The third kappa shape index (κ3) is 2.32. The van der Waals surface area contributed by atoms with Crippen molar-refractivity contribution in [3.8, 4) is 0 Å². The van der Waals surface area contributed by atoms with Crippen LogP contribution in [-0.2, 0) is 6.42 Å². The van der Waals surface area contributed by atoms with Gasteiger partial charge in [-0.3, -0.25) is 0 Å². The third-order valence-electron chi connectivity index (χ3n) is 2.48. The quantitative estimate of drug-likeness (QED) is 0.790. The Bertz CT molecular complexity index is 292. The molecular weight excluding hydrogens is 196 g/mol. The van der Waals surface area contributed by atoms with Crippen LogP contribution in [0.4, 0.5) is 0 Å². The van der Waals surface area contributed by atoms with Gasteiger partial charge in [-0.05, 0) is 19.9 Å². The normalized spacial score (nSPS) is 24.0. The first-order chi connectivity index (χ1) is 6.75.